The lowest BCUT2D eigenvalue weighted by Crippen LogP contribution is -2.44. The molecule has 0 aliphatic carbocycles. The standard InChI is InChI=1S/C13H16ClN3OS/c1-15-4-6-16(7-5-15)9-17-11-8-10(14)2-3-12(11)18-13(17)19/h2-3,8H,4-7,9H2,1H3. The number of hydrogen-bond donors (Lipinski definition) is 0. The van der Waals surface area contributed by atoms with Crippen molar-refractivity contribution in [3.05, 3.63) is 28.1 Å². The number of likely N-dealkylation sites (N-methyl/N-ethyl adjacent to an activating group) is 1. The van der Waals surface area contributed by atoms with Gasteiger partial charge >= 0.3 is 0 Å². The highest BCUT2D eigenvalue weighted by molar-refractivity contribution is 7.71. The molecule has 1 aliphatic heterocycles. The van der Waals surface area contributed by atoms with Gasteiger partial charge in [-0.05, 0) is 37.5 Å². The lowest BCUT2D eigenvalue weighted by atomic mass is 10.3. The van der Waals surface area contributed by atoms with Gasteiger partial charge in [0.05, 0.1) is 12.2 Å². The Kier molecular flexibility index (Phi) is 3.62. The summed E-state index contributed by atoms with van der Waals surface area (Å²) in [6, 6.07) is 5.60. The molecule has 0 N–H and O–H groups in total. The molecule has 0 atom stereocenters. The van der Waals surface area contributed by atoms with Crippen molar-refractivity contribution in [1.29, 1.82) is 0 Å². The van der Waals surface area contributed by atoms with E-state index in [1.54, 1.807) is 0 Å². The van der Waals surface area contributed by atoms with Crippen molar-refractivity contribution >= 4 is 34.9 Å². The Morgan fingerprint density at radius 3 is 2.74 bits per heavy atom. The van der Waals surface area contributed by atoms with Gasteiger partial charge in [-0.3, -0.25) is 9.47 Å². The SMILES string of the molecule is CN1CCN(Cn2c(=S)oc3ccc(Cl)cc32)CC1. The smallest absolute Gasteiger partial charge is 0.270 e. The highest BCUT2D eigenvalue weighted by Crippen LogP contribution is 2.22. The number of nitrogens with zero attached hydrogens (tertiary/aromatic N) is 3. The van der Waals surface area contributed by atoms with Gasteiger partial charge in [-0.15, -0.1) is 0 Å². The van der Waals surface area contributed by atoms with Crippen LogP contribution in [0.25, 0.3) is 11.1 Å². The van der Waals surface area contributed by atoms with E-state index in [9.17, 15) is 0 Å². The van der Waals surface area contributed by atoms with Gasteiger partial charge in [0, 0.05) is 31.2 Å². The summed E-state index contributed by atoms with van der Waals surface area (Å²) >= 11 is 11.4. The van der Waals surface area contributed by atoms with Crippen molar-refractivity contribution in [3.8, 4) is 0 Å². The number of rotatable bonds is 2. The molecule has 2 heterocycles. The summed E-state index contributed by atoms with van der Waals surface area (Å²) in [6.45, 7) is 5.03. The molecule has 2 aromatic rings. The third-order valence-electron chi connectivity index (χ3n) is 3.57. The van der Waals surface area contributed by atoms with Crippen LogP contribution >= 0.6 is 23.8 Å². The van der Waals surface area contributed by atoms with Crippen LogP contribution in [0, 0.1) is 4.84 Å². The van der Waals surface area contributed by atoms with E-state index in [2.05, 4.69) is 16.8 Å². The Labute approximate surface area is 122 Å². The van der Waals surface area contributed by atoms with E-state index in [-0.39, 0.29) is 0 Å². The van der Waals surface area contributed by atoms with E-state index in [1.165, 1.54) is 0 Å². The van der Waals surface area contributed by atoms with E-state index < -0.39 is 0 Å². The lowest BCUT2D eigenvalue weighted by Gasteiger charge is -2.32. The molecule has 0 unspecified atom stereocenters. The Morgan fingerprint density at radius 2 is 2.00 bits per heavy atom. The number of hydrogen-bond acceptors (Lipinski definition) is 4. The number of oxazole rings is 1. The summed E-state index contributed by atoms with van der Waals surface area (Å²) in [6.07, 6.45) is 0. The van der Waals surface area contributed by atoms with Crippen LogP contribution in [0.3, 0.4) is 0 Å². The van der Waals surface area contributed by atoms with E-state index in [1.807, 2.05) is 22.8 Å². The topological polar surface area (TPSA) is 24.6 Å². The molecule has 1 aromatic carbocycles. The molecule has 0 spiro atoms. The van der Waals surface area contributed by atoms with Crippen LogP contribution in [0.4, 0.5) is 0 Å². The van der Waals surface area contributed by atoms with Crippen LogP contribution in [0.15, 0.2) is 22.6 Å². The second-order valence-electron chi connectivity index (χ2n) is 4.97. The molecule has 6 heteroatoms. The average molecular weight is 298 g/mol. The number of benzene rings is 1. The van der Waals surface area contributed by atoms with Crippen molar-refractivity contribution < 1.29 is 4.42 Å². The zero-order valence-corrected chi connectivity index (χ0v) is 12.4. The molecule has 0 radical (unpaired) electrons. The highest BCUT2D eigenvalue weighted by Gasteiger charge is 2.16. The van der Waals surface area contributed by atoms with Crippen molar-refractivity contribution in [2.75, 3.05) is 33.2 Å². The normalized spacial score (nSPS) is 18.2. The molecule has 1 aromatic heterocycles. The predicted octanol–water partition coefficient (Wildman–Crippen LogP) is 2.82. The first-order valence-electron chi connectivity index (χ1n) is 6.33. The molecule has 3 rings (SSSR count). The van der Waals surface area contributed by atoms with Gasteiger partial charge in [0.1, 0.15) is 0 Å². The Bertz CT molecular complexity index is 643. The van der Waals surface area contributed by atoms with E-state index in [4.69, 9.17) is 28.2 Å². The molecule has 0 bridgehead atoms. The fourth-order valence-electron chi connectivity index (χ4n) is 2.36. The largest absolute Gasteiger partial charge is 0.429 e. The van der Waals surface area contributed by atoms with Gasteiger partial charge in [0.2, 0.25) is 0 Å². The Balaban J connectivity index is 1.90. The van der Waals surface area contributed by atoms with Gasteiger partial charge < -0.3 is 9.32 Å². The van der Waals surface area contributed by atoms with Crippen LogP contribution < -0.4 is 0 Å². The highest BCUT2D eigenvalue weighted by atomic mass is 35.5. The van der Waals surface area contributed by atoms with E-state index >= 15 is 0 Å². The predicted molar refractivity (Wildman–Crippen MR) is 79.1 cm³/mol. The zero-order valence-electron chi connectivity index (χ0n) is 10.8. The molecular formula is C13H16ClN3OS. The third-order valence-corrected chi connectivity index (χ3v) is 4.11. The summed E-state index contributed by atoms with van der Waals surface area (Å²) in [4.78, 5) is 5.22. The average Bonchev–Trinajstić information content (AvgIpc) is 2.69. The first-order chi connectivity index (χ1) is 9.13. The minimum absolute atomic E-state index is 0.510. The van der Waals surface area contributed by atoms with Crippen molar-refractivity contribution in [2.45, 2.75) is 6.67 Å². The van der Waals surface area contributed by atoms with Crippen LogP contribution in [0.1, 0.15) is 0 Å². The molecule has 0 amide bonds. The van der Waals surface area contributed by atoms with Crippen molar-refractivity contribution in [3.63, 3.8) is 0 Å². The van der Waals surface area contributed by atoms with Gasteiger partial charge in [-0.2, -0.15) is 0 Å². The molecule has 4 nitrogen and oxygen atoms in total. The van der Waals surface area contributed by atoms with Gasteiger partial charge in [-0.1, -0.05) is 11.6 Å². The summed E-state index contributed by atoms with van der Waals surface area (Å²) in [5.74, 6) is 0. The summed E-state index contributed by atoms with van der Waals surface area (Å²) < 4.78 is 7.61. The minimum Gasteiger partial charge on any atom is -0.429 e. The maximum atomic E-state index is 6.05. The third kappa shape index (κ3) is 2.69. The fourth-order valence-corrected chi connectivity index (χ4v) is 2.77. The first-order valence-corrected chi connectivity index (χ1v) is 7.12. The number of fused-ring (bicyclic) bond motifs is 1. The Morgan fingerprint density at radius 1 is 1.26 bits per heavy atom. The molecule has 1 fully saturated rings. The maximum Gasteiger partial charge on any atom is 0.270 e. The minimum atomic E-state index is 0.510. The van der Waals surface area contributed by atoms with E-state index in [0.717, 1.165) is 43.9 Å². The molecule has 1 saturated heterocycles. The molecule has 0 saturated carbocycles. The zero-order chi connectivity index (χ0) is 13.4. The van der Waals surface area contributed by atoms with Crippen molar-refractivity contribution in [1.82, 2.24) is 14.4 Å². The van der Waals surface area contributed by atoms with Crippen molar-refractivity contribution in [2.24, 2.45) is 0 Å². The first kappa shape index (κ1) is 13.1. The molecular weight excluding hydrogens is 282 g/mol. The lowest BCUT2D eigenvalue weighted by molar-refractivity contribution is 0.124. The van der Waals surface area contributed by atoms with Crippen LogP contribution in [-0.2, 0) is 6.67 Å². The Hall–Kier alpha value is -0.880. The summed E-state index contributed by atoms with van der Waals surface area (Å²) in [7, 11) is 2.15. The van der Waals surface area contributed by atoms with Gasteiger partial charge in [-0.25, -0.2) is 0 Å². The molecule has 19 heavy (non-hydrogen) atoms. The van der Waals surface area contributed by atoms with Gasteiger partial charge in [0.15, 0.2) is 5.58 Å². The van der Waals surface area contributed by atoms with Crippen LogP contribution in [-0.4, -0.2) is 47.6 Å². The molecule has 1 aliphatic rings. The summed E-state index contributed by atoms with van der Waals surface area (Å²) in [5.41, 5.74) is 1.76. The number of aromatic nitrogens is 1. The monoisotopic (exact) mass is 297 g/mol. The number of piperazine rings is 1. The van der Waals surface area contributed by atoms with Crippen LogP contribution in [0.2, 0.25) is 5.02 Å². The summed E-state index contributed by atoms with van der Waals surface area (Å²) in [5, 5.41) is 0.704. The second-order valence-corrected chi connectivity index (χ2v) is 5.76. The fraction of sp³-hybridized carbons (Fsp3) is 0.462. The molecule has 102 valence electrons. The number of halogens is 1. The quantitative estimate of drug-likeness (QED) is 0.796. The maximum absolute atomic E-state index is 6.05. The van der Waals surface area contributed by atoms with Gasteiger partial charge in [0.25, 0.3) is 4.84 Å². The van der Waals surface area contributed by atoms with E-state index in [0.29, 0.717) is 9.86 Å². The van der Waals surface area contributed by atoms with Crippen LogP contribution in [0.5, 0.6) is 0 Å². The second kappa shape index (κ2) is 5.25.